The molecule has 12 heavy (non-hydrogen) atoms. The van der Waals surface area contributed by atoms with Crippen LogP contribution in [0.25, 0.3) is 0 Å². The van der Waals surface area contributed by atoms with Gasteiger partial charge in [0.1, 0.15) is 0 Å². The zero-order valence-electron chi connectivity index (χ0n) is 7.73. The molecular weight excluding hydrogens is 261 g/mol. The molecule has 1 fully saturated rings. The van der Waals surface area contributed by atoms with Gasteiger partial charge in [-0.25, -0.2) is 0 Å². The Balaban J connectivity index is 2.37. The first-order valence-corrected chi connectivity index (χ1v) is 5.64. The summed E-state index contributed by atoms with van der Waals surface area (Å²) in [6.45, 7) is 4.63. The summed E-state index contributed by atoms with van der Waals surface area (Å²) < 4.78 is 0.366. The maximum Gasteiger partial charge on any atom is 0.0421 e. The van der Waals surface area contributed by atoms with Crippen LogP contribution in [0.15, 0.2) is 11.6 Å². The molecule has 0 amide bonds. The van der Waals surface area contributed by atoms with E-state index in [1.165, 1.54) is 12.8 Å². The highest BCUT2D eigenvalue weighted by Crippen LogP contribution is 2.52. The summed E-state index contributed by atoms with van der Waals surface area (Å²) in [6.07, 6.45) is 6.05. The largest absolute Gasteiger partial charge is 0.326 e. The van der Waals surface area contributed by atoms with Gasteiger partial charge in [-0.1, -0.05) is 48.1 Å². The smallest absolute Gasteiger partial charge is 0.0421 e. The fraction of sp³-hybridized carbons (Fsp3) is 0.800. The lowest BCUT2D eigenvalue weighted by Crippen LogP contribution is -2.41. The highest BCUT2D eigenvalue weighted by molar-refractivity contribution is 14.1. The van der Waals surface area contributed by atoms with Gasteiger partial charge >= 0.3 is 0 Å². The number of alkyl halides is 1. The lowest BCUT2D eigenvalue weighted by Gasteiger charge is -2.36. The fourth-order valence-corrected chi connectivity index (χ4v) is 4.40. The normalized spacial score (nSPS) is 44.3. The van der Waals surface area contributed by atoms with Crippen molar-refractivity contribution in [2.24, 2.45) is 11.1 Å². The molecule has 0 aromatic rings. The van der Waals surface area contributed by atoms with Crippen LogP contribution in [-0.2, 0) is 0 Å². The Morgan fingerprint density at radius 3 is 2.83 bits per heavy atom. The van der Waals surface area contributed by atoms with Gasteiger partial charge in [0.05, 0.1) is 0 Å². The Morgan fingerprint density at radius 1 is 1.58 bits per heavy atom. The second-order valence-corrected chi connectivity index (χ2v) is 7.14. The maximum atomic E-state index is 6.13. The molecule has 68 valence electrons. The molecule has 2 heteroatoms. The summed E-state index contributed by atoms with van der Waals surface area (Å²) in [5.74, 6) is 0. The Hall–Kier alpha value is 0.430. The van der Waals surface area contributed by atoms with E-state index in [0.29, 0.717) is 14.9 Å². The van der Waals surface area contributed by atoms with Crippen molar-refractivity contribution in [2.75, 3.05) is 0 Å². The summed E-state index contributed by atoms with van der Waals surface area (Å²) in [5.41, 5.74) is 8.10. The Labute approximate surface area is 87.9 Å². The van der Waals surface area contributed by atoms with Gasteiger partial charge in [0.15, 0.2) is 0 Å². The van der Waals surface area contributed by atoms with Crippen molar-refractivity contribution < 1.29 is 0 Å². The van der Waals surface area contributed by atoms with Crippen LogP contribution in [0.5, 0.6) is 0 Å². The molecule has 2 aliphatic rings. The van der Waals surface area contributed by atoms with E-state index in [1.54, 1.807) is 5.57 Å². The highest BCUT2D eigenvalue weighted by Gasteiger charge is 2.47. The minimum atomic E-state index is 0.366. The van der Waals surface area contributed by atoms with Crippen LogP contribution in [0.4, 0.5) is 0 Å². The van der Waals surface area contributed by atoms with Crippen LogP contribution >= 0.6 is 22.6 Å². The Morgan fingerprint density at radius 2 is 2.25 bits per heavy atom. The van der Waals surface area contributed by atoms with E-state index < -0.39 is 0 Å². The third kappa shape index (κ3) is 1.33. The van der Waals surface area contributed by atoms with Gasteiger partial charge in [-0.2, -0.15) is 0 Å². The molecule has 2 N–H and O–H groups in total. The third-order valence-electron chi connectivity index (χ3n) is 3.01. The summed E-state index contributed by atoms with van der Waals surface area (Å²) >= 11 is 2.58. The number of nitrogens with two attached hydrogens (primary N) is 1. The van der Waals surface area contributed by atoms with Crippen molar-refractivity contribution in [1.82, 2.24) is 0 Å². The number of fused-ring (bicyclic) bond motifs is 2. The van der Waals surface area contributed by atoms with Gasteiger partial charge < -0.3 is 5.73 Å². The minimum absolute atomic E-state index is 0.366. The fourth-order valence-electron chi connectivity index (χ4n) is 2.71. The van der Waals surface area contributed by atoms with E-state index in [1.807, 2.05) is 0 Å². The molecule has 2 bridgehead atoms. The first kappa shape index (κ1) is 9.00. The number of halogens is 1. The van der Waals surface area contributed by atoms with Crippen molar-refractivity contribution in [3.05, 3.63) is 11.6 Å². The molecule has 0 saturated heterocycles. The summed E-state index contributed by atoms with van der Waals surface area (Å²) in [7, 11) is 0. The molecule has 0 aliphatic heterocycles. The molecule has 1 nitrogen and oxygen atoms in total. The predicted octanol–water partition coefficient (Wildman–Crippen LogP) is 2.64. The van der Waals surface area contributed by atoms with Crippen molar-refractivity contribution >= 4 is 22.6 Å². The quantitative estimate of drug-likeness (QED) is 0.411. The monoisotopic (exact) mass is 277 g/mol. The van der Waals surface area contributed by atoms with Crippen LogP contribution < -0.4 is 5.73 Å². The number of hydrogen-bond donors (Lipinski definition) is 1. The Bertz CT molecular complexity index is 244. The van der Waals surface area contributed by atoms with E-state index in [9.17, 15) is 0 Å². The lowest BCUT2D eigenvalue weighted by molar-refractivity contribution is 0.350. The predicted molar refractivity (Wildman–Crippen MR) is 60.4 cm³/mol. The molecule has 2 atom stereocenters. The van der Waals surface area contributed by atoms with Gasteiger partial charge in [0.2, 0.25) is 0 Å². The van der Waals surface area contributed by atoms with Crippen LogP contribution in [-0.4, -0.2) is 9.46 Å². The topological polar surface area (TPSA) is 26.0 Å². The molecule has 0 aromatic carbocycles. The molecule has 2 unspecified atom stereocenters. The van der Waals surface area contributed by atoms with E-state index in [4.69, 9.17) is 5.73 Å². The third-order valence-corrected chi connectivity index (χ3v) is 4.57. The first-order valence-electron chi connectivity index (χ1n) is 4.56. The molecule has 2 aliphatic carbocycles. The SMILES string of the molecule is CC1(C)C=C2CC(N)C(I)(C2)C1. The van der Waals surface area contributed by atoms with Gasteiger partial charge in [0, 0.05) is 9.46 Å². The standard InChI is InChI=1S/C10H16IN/c1-9(2)4-7-3-8(12)10(11,5-7)6-9/h4,8H,3,5-6,12H2,1-2H3. The average molecular weight is 277 g/mol. The van der Waals surface area contributed by atoms with Crippen LogP contribution in [0.3, 0.4) is 0 Å². The zero-order chi connectivity index (χ0) is 8.98. The minimum Gasteiger partial charge on any atom is -0.326 e. The van der Waals surface area contributed by atoms with Crippen molar-refractivity contribution in [3.8, 4) is 0 Å². The molecule has 2 rings (SSSR count). The lowest BCUT2D eigenvalue weighted by atomic mass is 9.77. The van der Waals surface area contributed by atoms with E-state index in [-0.39, 0.29) is 0 Å². The number of hydrogen-bond acceptors (Lipinski definition) is 1. The summed E-state index contributed by atoms with van der Waals surface area (Å²) in [5, 5.41) is 0. The molecule has 0 heterocycles. The highest BCUT2D eigenvalue weighted by atomic mass is 127. The van der Waals surface area contributed by atoms with Gasteiger partial charge in [-0.3, -0.25) is 0 Å². The second kappa shape index (κ2) is 2.47. The Kier molecular flexibility index (Phi) is 1.85. The molecule has 0 aromatic heterocycles. The van der Waals surface area contributed by atoms with Crippen molar-refractivity contribution in [3.63, 3.8) is 0 Å². The van der Waals surface area contributed by atoms with Crippen molar-refractivity contribution in [2.45, 2.75) is 42.6 Å². The van der Waals surface area contributed by atoms with E-state index >= 15 is 0 Å². The van der Waals surface area contributed by atoms with Gasteiger partial charge in [-0.15, -0.1) is 0 Å². The van der Waals surface area contributed by atoms with E-state index in [2.05, 4.69) is 42.5 Å². The van der Waals surface area contributed by atoms with E-state index in [0.717, 1.165) is 6.42 Å². The van der Waals surface area contributed by atoms with Gasteiger partial charge in [0.25, 0.3) is 0 Å². The summed E-state index contributed by atoms with van der Waals surface area (Å²) in [6, 6.07) is 0.395. The molecule has 0 radical (unpaired) electrons. The summed E-state index contributed by atoms with van der Waals surface area (Å²) in [4.78, 5) is 0. The number of allylic oxidation sites excluding steroid dienone is 1. The number of rotatable bonds is 0. The van der Waals surface area contributed by atoms with Gasteiger partial charge in [-0.05, 0) is 24.7 Å². The second-order valence-electron chi connectivity index (χ2n) is 4.99. The molecule has 0 spiro atoms. The zero-order valence-corrected chi connectivity index (χ0v) is 9.89. The van der Waals surface area contributed by atoms with Crippen LogP contribution in [0.1, 0.15) is 33.1 Å². The maximum absolute atomic E-state index is 6.13. The molecule has 1 saturated carbocycles. The molecular formula is C10H16IN. The van der Waals surface area contributed by atoms with Crippen LogP contribution in [0, 0.1) is 5.41 Å². The van der Waals surface area contributed by atoms with Crippen molar-refractivity contribution in [1.29, 1.82) is 0 Å². The average Bonchev–Trinajstić information content (AvgIpc) is 1.99. The first-order chi connectivity index (χ1) is 5.41. The van der Waals surface area contributed by atoms with Crippen LogP contribution in [0.2, 0.25) is 0 Å².